The summed E-state index contributed by atoms with van der Waals surface area (Å²) in [5.74, 6) is -2.47. The van der Waals surface area contributed by atoms with E-state index in [-0.39, 0.29) is 23.6 Å². The Hall–Kier alpha value is -3.72. The summed E-state index contributed by atoms with van der Waals surface area (Å²) in [7, 11) is 1.26. The van der Waals surface area contributed by atoms with Crippen LogP contribution >= 0.6 is 15.9 Å². The predicted molar refractivity (Wildman–Crippen MR) is 128 cm³/mol. The number of pyridine rings is 1. The average Bonchev–Trinajstić information content (AvgIpc) is 3.26. The Bertz CT molecular complexity index is 1330. The molecule has 0 saturated carbocycles. The third-order valence-corrected chi connectivity index (χ3v) is 6.34. The minimum Gasteiger partial charge on any atom is -0.507 e. The topological polar surface area (TPSA) is 113 Å². The second-order valence-electron chi connectivity index (χ2n) is 7.96. The third-order valence-electron chi connectivity index (χ3n) is 5.84. The number of aromatic nitrogens is 2. The highest BCUT2D eigenvalue weighted by molar-refractivity contribution is 9.10. The summed E-state index contributed by atoms with van der Waals surface area (Å²) in [4.78, 5) is 47.0. The largest absolute Gasteiger partial charge is 0.507 e. The van der Waals surface area contributed by atoms with E-state index in [2.05, 4.69) is 25.9 Å². The molecule has 0 spiro atoms. The van der Waals surface area contributed by atoms with Crippen molar-refractivity contribution in [3.8, 4) is 0 Å². The monoisotopic (exact) mass is 523 g/mol. The van der Waals surface area contributed by atoms with Gasteiger partial charge in [-0.1, -0.05) is 34.1 Å². The highest BCUT2D eigenvalue weighted by Crippen LogP contribution is 2.42. The number of rotatable bonds is 5. The van der Waals surface area contributed by atoms with Gasteiger partial charge in [-0.25, -0.2) is 4.79 Å². The van der Waals surface area contributed by atoms with Crippen molar-refractivity contribution in [1.29, 1.82) is 0 Å². The molecule has 0 unspecified atom stereocenters. The number of H-pyrrole nitrogens is 1. The number of aryl methyl sites for hydroxylation is 1. The van der Waals surface area contributed by atoms with Gasteiger partial charge in [0.15, 0.2) is 0 Å². The lowest BCUT2D eigenvalue weighted by Gasteiger charge is -2.25. The van der Waals surface area contributed by atoms with Gasteiger partial charge >= 0.3 is 5.97 Å². The van der Waals surface area contributed by atoms with Gasteiger partial charge in [0.05, 0.1) is 18.7 Å². The first-order chi connectivity index (χ1) is 16.2. The molecular formula is C25H22BrN3O5. The number of aliphatic hydroxyl groups is 1. The van der Waals surface area contributed by atoms with Crippen LogP contribution in [0.1, 0.15) is 44.5 Å². The second-order valence-corrected chi connectivity index (χ2v) is 8.88. The number of carbonyl (C=O) groups is 3. The van der Waals surface area contributed by atoms with Crippen LogP contribution in [0.4, 0.5) is 0 Å². The lowest BCUT2D eigenvalue weighted by atomic mass is 9.94. The quantitative estimate of drug-likeness (QED) is 0.224. The molecule has 0 aliphatic carbocycles. The number of nitrogens with one attached hydrogen (secondary N) is 1. The van der Waals surface area contributed by atoms with Gasteiger partial charge in [-0.3, -0.25) is 14.6 Å². The Balaban J connectivity index is 1.92. The zero-order valence-electron chi connectivity index (χ0n) is 18.8. The Labute approximate surface area is 204 Å². The number of amides is 1. The van der Waals surface area contributed by atoms with Crippen LogP contribution < -0.4 is 0 Å². The maximum absolute atomic E-state index is 13.3. The predicted octanol–water partition coefficient (Wildman–Crippen LogP) is 4.20. The van der Waals surface area contributed by atoms with E-state index in [4.69, 9.17) is 4.74 Å². The molecule has 1 aliphatic rings. The standard InChI is InChI=1S/C25H22BrN3O5/c1-13-18(14(2)28-20(13)25(33)34-3)22(30)19-21(16-7-4-8-17(26)10-16)29(24(32)23(19)31)12-15-6-5-9-27-11-15/h4-11,21,28,30H,12H2,1-3H3/t21-/m1/s1. The van der Waals surface area contributed by atoms with Crippen molar-refractivity contribution in [2.45, 2.75) is 26.4 Å². The van der Waals surface area contributed by atoms with E-state index < -0.39 is 23.7 Å². The summed E-state index contributed by atoms with van der Waals surface area (Å²) < 4.78 is 5.57. The molecule has 0 radical (unpaired) electrons. The fourth-order valence-electron chi connectivity index (χ4n) is 4.30. The molecule has 1 aliphatic heterocycles. The number of likely N-dealkylation sites (tertiary alicyclic amines) is 1. The molecule has 174 valence electrons. The van der Waals surface area contributed by atoms with Gasteiger partial charge in [0, 0.05) is 34.7 Å². The van der Waals surface area contributed by atoms with Crippen molar-refractivity contribution < 1.29 is 24.2 Å². The molecule has 1 atom stereocenters. The Morgan fingerprint density at radius 1 is 1.24 bits per heavy atom. The van der Waals surface area contributed by atoms with Crippen molar-refractivity contribution >= 4 is 39.3 Å². The highest BCUT2D eigenvalue weighted by Gasteiger charge is 2.46. The normalized spacial score (nSPS) is 17.3. The van der Waals surface area contributed by atoms with Crippen LogP contribution in [0.5, 0.6) is 0 Å². The number of hydrogen-bond acceptors (Lipinski definition) is 6. The van der Waals surface area contributed by atoms with E-state index in [1.54, 1.807) is 50.5 Å². The van der Waals surface area contributed by atoms with Crippen molar-refractivity contribution in [1.82, 2.24) is 14.9 Å². The van der Waals surface area contributed by atoms with Crippen molar-refractivity contribution in [2.24, 2.45) is 0 Å². The number of Topliss-reactive ketones (excluding diaryl/α,β-unsaturated/α-hetero) is 1. The number of methoxy groups -OCH3 is 1. The van der Waals surface area contributed by atoms with E-state index in [1.807, 2.05) is 12.1 Å². The van der Waals surface area contributed by atoms with Crippen LogP contribution in [0.25, 0.3) is 5.76 Å². The Morgan fingerprint density at radius 3 is 2.65 bits per heavy atom. The summed E-state index contributed by atoms with van der Waals surface area (Å²) in [6.07, 6.45) is 3.25. The van der Waals surface area contributed by atoms with Gasteiger partial charge in [-0.05, 0) is 48.7 Å². The van der Waals surface area contributed by atoms with Gasteiger partial charge in [0.25, 0.3) is 11.7 Å². The molecule has 1 saturated heterocycles. The van der Waals surface area contributed by atoms with Crippen LogP contribution in [0.3, 0.4) is 0 Å². The third kappa shape index (κ3) is 4.03. The first kappa shape index (κ1) is 23.4. The lowest BCUT2D eigenvalue weighted by molar-refractivity contribution is -0.140. The number of aromatic amines is 1. The van der Waals surface area contributed by atoms with Gasteiger partial charge < -0.3 is 19.7 Å². The number of ketones is 1. The minimum absolute atomic E-state index is 0.0476. The van der Waals surface area contributed by atoms with Gasteiger partial charge in [0.2, 0.25) is 0 Å². The molecule has 1 aromatic carbocycles. The lowest BCUT2D eigenvalue weighted by Crippen LogP contribution is -2.29. The zero-order chi connectivity index (χ0) is 24.6. The molecular weight excluding hydrogens is 502 g/mol. The van der Waals surface area contributed by atoms with Crippen LogP contribution in [-0.4, -0.2) is 44.7 Å². The highest BCUT2D eigenvalue weighted by atomic mass is 79.9. The molecule has 34 heavy (non-hydrogen) atoms. The molecule has 2 N–H and O–H groups in total. The molecule has 3 aromatic rings. The molecule has 9 heteroatoms. The minimum atomic E-state index is -0.840. The smallest absolute Gasteiger partial charge is 0.354 e. The number of benzene rings is 1. The molecule has 1 amide bonds. The van der Waals surface area contributed by atoms with Crippen molar-refractivity contribution in [3.63, 3.8) is 0 Å². The summed E-state index contributed by atoms with van der Waals surface area (Å²) in [5, 5.41) is 11.4. The van der Waals surface area contributed by atoms with E-state index in [0.29, 0.717) is 22.4 Å². The zero-order valence-corrected chi connectivity index (χ0v) is 20.3. The summed E-state index contributed by atoms with van der Waals surface area (Å²) >= 11 is 3.45. The van der Waals surface area contributed by atoms with Crippen LogP contribution in [0.15, 0.2) is 58.8 Å². The number of ether oxygens (including phenoxy) is 1. The van der Waals surface area contributed by atoms with E-state index in [9.17, 15) is 19.5 Å². The number of esters is 1. The van der Waals surface area contributed by atoms with E-state index in [1.165, 1.54) is 12.0 Å². The van der Waals surface area contributed by atoms with Gasteiger partial charge in [-0.15, -0.1) is 0 Å². The molecule has 0 bridgehead atoms. The van der Waals surface area contributed by atoms with Crippen molar-refractivity contribution in [2.75, 3.05) is 7.11 Å². The van der Waals surface area contributed by atoms with E-state index in [0.717, 1.165) is 10.0 Å². The number of nitrogens with zero attached hydrogens (tertiary/aromatic N) is 2. The fourth-order valence-corrected chi connectivity index (χ4v) is 4.72. The fraction of sp³-hybridized carbons (Fsp3) is 0.200. The maximum atomic E-state index is 13.3. The van der Waals surface area contributed by atoms with Crippen LogP contribution in [0.2, 0.25) is 0 Å². The number of carbonyl (C=O) groups excluding carboxylic acids is 3. The number of halogens is 1. The van der Waals surface area contributed by atoms with Crippen LogP contribution in [0, 0.1) is 13.8 Å². The second kappa shape index (κ2) is 9.26. The first-order valence-corrected chi connectivity index (χ1v) is 11.2. The van der Waals surface area contributed by atoms with Gasteiger partial charge in [-0.2, -0.15) is 0 Å². The average molecular weight is 524 g/mol. The molecule has 4 rings (SSSR count). The Morgan fingerprint density at radius 2 is 2.00 bits per heavy atom. The molecule has 2 aromatic heterocycles. The maximum Gasteiger partial charge on any atom is 0.354 e. The summed E-state index contributed by atoms with van der Waals surface area (Å²) in [5.41, 5.74) is 2.71. The van der Waals surface area contributed by atoms with Crippen molar-refractivity contribution in [3.05, 3.63) is 92.5 Å². The summed E-state index contributed by atoms with van der Waals surface area (Å²) in [6, 6.07) is 9.95. The molecule has 8 nitrogen and oxygen atoms in total. The van der Waals surface area contributed by atoms with Crippen LogP contribution in [-0.2, 0) is 20.9 Å². The SMILES string of the molecule is COC(=O)c1[nH]c(C)c(C(O)=C2C(=O)C(=O)N(Cc3cccnc3)[C@@H]2c2cccc(Br)c2)c1C. The Kier molecular flexibility index (Phi) is 6.39. The summed E-state index contributed by atoms with van der Waals surface area (Å²) in [6.45, 7) is 3.45. The molecule has 1 fully saturated rings. The molecule has 3 heterocycles. The van der Waals surface area contributed by atoms with Gasteiger partial charge in [0.1, 0.15) is 11.5 Å². The number of hydrogen-bond donors (Lipinski definition) is 2. The van der Waals surface area contributed by atoms with E-state index >= 15 is 0 Å². The first-order valence-electron chi connectivity index (χ1n) is 10.4. The number of aliphatic hydroxyl groups excluding tert-OH is 1.